The molecule has 22 heavy (non-hydrogen) atoms. The Morgan fingerprint density at radius 2 is 1.82 bits per heavy atom. The first-order chi connectivity index (χ1) is 10.2. The van der Waals surface area contributed by atoms with E-state index in [1.807, 2.05) is 0 Å². The Morgan fingerprint density at radius 1 is 1.09 bits per heavy atom. The van der Waals surface area contributed by atoms with E-state index in [1.165, 1.54) is 19.3 Å². The molecule has 0 aromatic heterocycles. The van der Waals surface area contributed by atoms with Crippen molar-refractivity contribution in [1.29, 1.82) is 0 Å². The highest BCUT2D eigenvalue weighted by molar-refractivity contribution is 5.85. The van der Waals surface area contributed by atoms with E-state index in [4.69, 9.17) is 10.5 Å². The number of rotatable bonds is 6. The van der Waals surface area contributed by atoms with Gasteiger partial charge in [-0.25, -0.2) is 0 Å². The number of hydrogen-bond acceptors (Lipinski definition) is 4. The van der Waals surface area contributed by atoms with Crippen molar-refractivity contribution in [3.8, 4) is 0 Å². The molecular formula is C15H28ClN3O3. The molecular weight excluding hydrogens is 306 g/mol. The van der Waals surface area contributed by atoms with Gasteiger partial charge in [-0.2, -0.15) is 0 Å². The Labute approximate surface area is 138 Å². The maximum atomic E-state index is 11.9. The number of carbonyl (C=O) groups is 2. The molecule has 2 aliphatic rings. The van der Waals surface area contributed by atoms with Crippen molar-refractivity contribution in [1.82, 2.24) is 10.6 Å². The van der Waals surface area contributed by atoms with Crippen LogP contribution in [-0.2, 0) is 14.3 Å². The molecule has 2 amide bonds. The van der Waals surface area contributed by atoms with Crippen LogP contribution in [0, 0.1) is 0 Å². The van der Waals surface area contributed by atoms with Gasteiger partial charge in [0.1, 0.15) is 6.10 Å². The van der Waals surface area contributed by atoms with E-state index in [0.717, 1.165) is 19.3 Å². The van der Waals surface area contributed by atoms with Crippen LogP contribution in [0.3, 0.4) is 0 Å². The van der Waals surface area contributed by atoms with E-state index >= 15 is 0 Å². The molecule has 0 aromatic carbocycles. The summed E-state index contributed by atoms with van der Waals surface area (Å²) in [7, 11) is 0. The number of hydrogen-bond donors (Lipinski definition) is 3. The van der Waals surface area contributed by atoms with Gasteiger partial charge in [-0.05, 0) is 25.7 Å². The van der Waals surface area contributed by atoms with Crippen LogP contribution >= 0.6 is 12.4 Å². The van der Waals surface area contributed by atoms with E-state index in [0.29, 0.717) is 32.0 Å². The van der Waals surface area contributed by atoms with Gasteiger partial charge in [0.2, 0.25) is 11.8 Å². The third kappa shape index (κ3) is 6.10. The molecule has 7 heteroatoms. The number of nitrogens with two attached hydrogens (primary N) is 1. The van der Waals surface area contributed by atoms with Crippen molar-refractivity contribution in [2.45, 2.75) is 69.6 Å². The van der Waals surface area contributed by atoms with Crippen LogP contribution in [0.2, 0.25) is 0 Å². The first-order valence-corrected chi connectivity index (χ1v) is 8.11. The van der Waals surface area contributed by atoms with Gasteiger partial charge >= 0.3 is 0 Å². The summed E-state index contributed by atoms with van der Waals surface area (Å²) in [6.45, 7) is 0.818. The lowest BCUT2D eigenvalue weighted by atomic mass is 9.95. The zero-order valence-electron chi connectivity index (χ0n) is 13.0. The second-order valence-electron chi connectivity index (χ2n) is 6.00. The zero-order valence-corrected chi connectivity index (χ0v) is 13.8. The first-order valence-electron chi connectivity index (χ1n) is 8.11. The Morgan fingerprint density at radius 3 is 2.45 bits per heavy atom. The standard InChI is InChI=1S/C15H27N3O3.ClH/c16-10-12-6-7-13(21-12)15(20)17-9-8-14(19)18-11-4-2-1-3-5-11;/h11-13H,1-10,16H2,(H,17,20)(H,18,19);1H/t12-,13+;/m1./s1. The van der Waals surface area contributed by atoms with E-state index in [2.05, 4.69) is 10.6 Å². The van der Waals surface area contributed by atoms with Gasteiger partial charge in [-0.1, -0.05) is 19.3 Å². The van der Waals surface area contributed by atoms with E-state index in [1.54, 1.807) is 0 Å². The Balaban J connectivity index is 0.00000242. The van der Waals surface area contributed by atoms with E-state index < -0.39 is 6.10 Å². The van der Waals surface area contributed by atoms with Crippen LogP contribution in [0.15, 0.2) is 0 Å². The van der Waals surface area contributed by atoms with E-state index in [-0.39, 0.29) is 30.3 Å². The molecule has 0 bridgehead atoms. The maximum absolute atomic E-state index is 11.9. The zero-order chi connectivity index (χ0) is 15.1. The summed E-state index contributed by atoms with van der Waals surface area (Å²) in [5.41, 5.74) is 5.52. The van der Waals surface area contributed by atoms with Gasteiger partial charge in [0, 0.05) is 25.6 Å². The number of amides is 2. The van der Waals surface area contributed by atoms with Crippen LogP contribution < -0.4 is 16.4 Å². The predicted molar refractivity (Wildman–Crippen MR) is 86.8 cm³/mol. The summed E-state index contributed by atoms with van der Waals surface area (Å²) in [4.78, 5) is 23.7. The third-order valence-corrected chi connectivity index (χ3v) is 4.28. The molecule has 4 N–H and O–H groups in total. The topological polar surface area (TPSA) is 93.5 Å². The third-order valence-electron chi connectivity index (χ3n) is 4.28. The van der Waals surface area contributed by atoms with Crippen molar-refractivity contribution >= 4 is 24.2 Å². The summed E-state index contributed by atoms with van der Waals surface area (Å²) in [6.07, 6.45) is 7.28. The SMILES string of the molecule is Cl.NC[C@H]1CC[C@@H](C(=O)NCCC(=O)NC2CCCCC2)O1. The fourth-order valence-electron chi connectivity index (χ4n) is 3.03. The van der Waals surface area contributed by atoms with Crippen LogP contribution in [0.4, 0.5) is 0 Å². The van der Waals surface area contributed by atoms with Crippen molar-refractivity contribution < 1.29 is 14.3 Å². The number of carbonyl (C=O) groups excluding carboxylic acids is 2. The van der Waals surface area contributed by atoms with Gasteiger partial charge in [0.25, 0.3) is 0 Å². The van der Waals surface area contributed by atoms with Crippen molar-refractivity contribution in [2.24, 2.45) is 5.73 Å². The van der Waals surface area contributed by atoms with Crippen LogP contribution in [0.1, 0.15) is 51.4 Å². The van der Waals surface area contributed by atoms with E-state index in [9.17, 15) is 9.59 Å². The summed E-state index contributed by atoms with van der Waals surface area (Å²) >= 11 is 0. The van der Waals surface area contributed by atoms with Gasteiger partial charge in [0.05, 0.1) is 6.10 Å². The lowest BCUT2D eigenvalue weighted by molar-refractivity contribution is -0.132. The molecule has 0 spiro atoms. The Bertz CT molecular complexity index is 362. The maximum Gasteiger partial charge on any atom is 0.249 e. The van der Waals surface area contributed by atoms with Crippen LogP contribution in [0.25, 0.3) is 0 Å². The van der Waals surface area contributed by atoms with Gasteiger partial charge < -0.3 is 21.1 Å². The highest BCUT2D eigenvalue weighted by Gasteiger charge is 2.29. The smallest absolute Gasteiger partial charge is 0.249 e. The minimum absolute atomic E-state index is 0. The van der Waals surface area contributed by atoms with Gasteiger partial charge in [0.15, 0.2) is 0 Å². The minimum atomic E-state index is -0.403. The summed E-state index contributed by atoms with van der Waals surface area (Å²) in [5, 5.41) is 5.81. The largest absolute Gasteiger partial charge is 0.364 e. The molecule has 1 aliphatic heterocycles. The molecule has 0 unspecified atom stereocenters. The quantitative estimate of drug-likeness (QED) is 0.672. The lowest BCUT2D eigenvalue weighted by Crippen LogP contribution is -2.40. The van der Waals surface area contributed by atoms with Gasteiger partial charge in [-0.3, -0.25) is 9.59 Å². The first kappa shape index (κ1) is 19.2. The predicted octanol–water partition coefficient (Wildman–Crippen LogP) is 0.870. The van der Waals surface area contributed by atoms with Crippen molar-refractivity contribution in [3.63, 3.8) is 0 Å². The summed E-state index contributed by atoms with van der Waals surface area (Å²) in [6, 6.07) is 0.324. The number of nitrogens with one attached hydrogen (secondary N) is 2. The van der Waals surface area contributed by atoms with Crippen LogP contribution in [0.5, 0.6) is 0 Å². The molecule has 1 aliphatic carbocycles. The molecule has 1 heterocycles. The molecule has 2 fully saturated rings. The molecule has 0 radical (unpaired) electrons. The molecule has 128 valence electrons. The molecule has 1 saturated carbocycles. The number of ether oxygens (including phenoxy) is 1. The van der Waals surface area contributed by atoms with Crippen molar-refractivity contribution in [3.05, 3.63) is 0 Å². The Hall–Kier alpha value is -0.850. The fraction of sp³-hybridized carbons (Fsp3) is 0.867. The molecule has 0 aromatic rings. The highest BCUT2D eigenvalue weighted by Crippen LogP contribution is 2.19. The second kappa shape index (κ2) is 10.0. The second-order valence-corrected chi connectivity index (χ2v) is 6.00. The Kier molecular flexibility index (Phi) is 8.75. The summed E-state index contributed by atoms with van der Waals surface area (Å²) in [5.74, 6) is -0.106. The average molecular weight is 334 g/mol. The summed E-state index contributed by atoms with van der Waals surface area (Å²) < 4.78 is 5.51. The van der Waals surface area contributed by atoms with Gasteiger partial charge in [-0.15, -0.1) is 12.4 Å². The highest BCUT2D eigenvalue weighted by atomic mass is 35.5. The normalized spacial score (nSPS) is 25.3. The molecule has 2 atom stereocenters. The van der Waals surface area contributed by atoms with Crippen LogP contribution in [-0.4, -0.2) is 43.2 Å². The lowest BCUT2D eigenvalue weighted by Gasteiger charge is -2.22. The van der Waals surface area contributed by atoms with Crippen molar-refractivity contribution in [2.75, 3.05) is 13.1 Å². The minimum Gasteiger partial charge on any atom is -0.364 e. The fourth-order valence-corrected chi connectivity index (χ4v) is 3.03. The average Bonchev–Trinajstić information content (AvgIpc) is 2.97. The molecule has 6 nitrogen and oxygen atoms in total. The monoisotopic (exact) mass is 333 g/mol. The number of halogens is 1. The molecule has 1 saturated heterocycles. The molecule has 2 rings (SSSR count).